The highest BCUT2D eigenvalue weighted by molar-refractivity contribution is 5.00. The number of hydrogen-bond donors (Lipinski definition) is 1. The summed E-state index contributed by atoms with van der Waals surface area (Å²) in [6.45, 7) is 6.87. The van der Waals surface area contributed by atoms with Crippen LogP contribution in [0.1, 0.15) is 26.0 Å². The maximum Gasteiger partial charge on any atom is 0.0961 e. The Hall–Kier alpha value is -0.910. The molecule has 1 fully saturated rings. The third-order valence-electron chi connectivity index (χ3n) is 3.90. The van der Waals surface area contributed by atoms with Gasteiger partial charge in [-0.1, -0.05) is 0 Å². The molecule has 5 heteroatoms. The number of rotatable bonds is 5. The van der Waals surface area contributed by atoms with Crippen molar-refractivity contribution < 1.29 is 9.84 Å². The van der Waals surface area contributed by atoms with Crippen LogP contribution >= 0.6 is 0 Å². The second-order valence-corrected chi connectivity index (χ2v) is 5.55. The first-order valence-electron chi connectivity index (χ1n) is 7.08. The molecule has 0 radical (unpaired) electrons. The predicted molar refractivity (Wildman–Crippen MR) is 74.0 cm³/mol. The molecule has 1 aromatic rings. The molecular formula is C14H25N3O2. The molecule has 0 aliphatic carbocycles. The molecule has 1 N–H and O–H groups in total. The van der Waals surface area contributed by atoms with Gasteiger partial charge >= 0.3 is 0 Å². The van der Waals surface area contributed by atoms with E-state index in [1.54, 1.807) is 6.20 Å². The van der Waals surface area contributed by atoms with Crippen LogP contribution in [0.2, 0.25) is 0 Å². The fourth-order valence-corrected chi connectivity index (χ4v) is 2.53. The normalized spacial score (nSPS) is 22.9. The number of aromatic nitrogens is 2. The molecule has 2 atom stereocenters. The summed E-state index contributed by atoms with van der Waals surface area (Å²) in [5.41, 5.74) is 1.15. The zero-order chi connectivity index (χ0) is 13.8. The molecule has 19 heavy (non-hydrogen) atoms. The topological polar surface area (TPSA) is 50.5 Å². The first-order chi connectivity index (χ1) is 9.08. The largest absolute Gasteiger partial charge is 0.390 e. The Kier molecular flexibility index (Phi) is 4.96. The van der Waals surface area contributed by atoms with Gasteiger partial charge in [0.05, 0.1) is 18.8 Å². The molecule has 1 saturated heterocycles. The number of aryl methyl sites for hydroxylation is 2. The highest BCUT2D eigenvalue weighted by Gasteiger charge is 2.27. The van der Waals surface area contributed by atoms with Gasteiger partial charge in [0.25, 0.3) is 0 Å². The summed E-state index contributed by atoms with van der Waals surface area (Å²) in [5, 5.41) is 14.4. The zero-order valence-electron chi connectivity index (χ0n) is 12.1. The van der Waals surface area contributed by atoms with Crippen molar-refractivity contribution in [2.45, 2.75) is 44.9 Å². The number of hydrogen-bond acceptors (Lipinski definition) is 4. The van der Waals surface area contributed by atoms with Gasteiger partial charge in [0.1, 0.15) is 0 Å². The monoisotopic (exact) mass is 267 g/mol. The van der Waals surface area contributed by atoms with Crippen LogP contribution < -0.4 is 0 Å². The van der Waals surface area contributed by atoms with Gasteiger partial charge in [-0.2, -0.15) is 5.10 Å². The van der Waals surface area contributed by atoms with E-state index in [-0.39, 0.29) is 6.10 Å². The van der Waals surface area contributed by atoms with E-state index in [1.165, 1.54) is 0 Å². The van der Waals surface area contributed by atoms with Gasteiger partial charge in [-0.3, -0.25) is 9.58 Å². The smallest absolute Gasteiger partial charge is 0.0961 e. The van der Waals surface area contributed by atoms with Gasteiger partial charge < -0.3 is 9.84 Å². The van der Waals surface area contributed by atoms with Crippen LogP contribution in [0.15, 0.2) is 12.3 Å². The minimum atomic E-state index is -0.406. The van der Waals surface area contributed by atoms with Crippen molar-refractivity contribution >= 4 is 0 Å². The summed E-state index contributed by atoms with van der Waals surface area (Å²) in [6.07, 6.45) is 2.87. The van der Waals surface area contributed by atoms with E-state index in [0.29, 0.717) is 12.6 Å². The molecule has 0 bridgehead atoms. The van der Waals surface area contributed by atoms with E-state index in [4.69, 9.17) is 4.74 Å². The van der Waals surface area contributed by atoms with Crippen LogP contribution in [0.3, 0.4) is 0 Å². The number of aliphatic hydroxyl groups excluding tert-OH is 1. The van der Waals surface area contributed by atoms with E-state index < -0.39 is 6.10 Å². The SMILES string of the molecule is CC(C)N1CCOC(C(O)CCc2ccnn2C)C1. The summed E-state index contributed by atoms with van der Waals surface area (Å²) >= 11 is 0. The van der Waals surface area contributed by atoms with Crippen molar-refractivity contribution in [2.75, 3.05) is 19.7 Å². The number of aliphatic hydroxyl groups is 1. The first-order valence-corrected chi connectivity index (χ1v) is 7.08. The average molecular weight is 267 g/mol. The van der Waals surface area contributed by atoms with Crippen molar-refractivity contribution in [3.05, 3.63) is 18.0 Å². The Bertz CT molecular complexity index is 392. The average Bonchev–Trinajstić information content (AvgIpc) is 2.81. The zero-order valence-corrected chi connectivity index (χ0v) is 12.1. The van der Waals surface area contributed by atoms with Crippen molar-refractivity contribution in [3.63, 3.8) is 0 Å². The van der Waals surface area contributed by atoms with Crippen molar-refractivity contribution in [1.29, 1.82) is 0 Å². The van der Waals surface area contributed by atoms with E-state index in [9.17, 15) is 5.11 Å². The third kappa shape index (κ3) is 3.78. The summed E-state index contributed by atoms with van der Waals surface area (Å²) in [7, 11) is 1.93. The van der Waals surface area contributed by atoms with Gasteiger partial charge in [-0.25, -0.2) is 0 Å². The fourth-order valence-electron chi connectivity index (χ4n) is 2.53. The molecule has 1 aliphatic rings. The number of ether oxygens (including phenoxy) is 1. The molecule has 2 unspecified atom stereocenters. The Morgan fingerprint density at radius 1 is 1.53 bits per heavy atom. The Morgan fingerprint density at radius 2 is 2.32 bits per heavy atom. The summed E-state index contributed by atoms with van der Waals surface area (Å²) in [5.74, 6) is 0. The van der Waals surface area contributed by atoms with Crippen LogP contribution in [-0.2, 0) is 18.2 Å². The summed E-state index contributed by atoms with van der Waals surface area (Å²) in [4.78, 5) is 2.36. The Balaban J connectivity index is 1.82. The molecule has 0 spiro atoms. The fraction of sp³-hybridized carbons (Fsp3) is 0.786. The third-order valence-corrected chi connectivity index (χ3v) is 3.90. The number of morpholine rings is 1. The molecule has 0 aromatic carbocycles. The van der Waals surface area contributed by atoms with Crippen LogP contribution in [0, 0.1) is 0 Å². The van der Waals surface area contributed by atoms with Gasteiger partial charge in [0.2, 0.25) is 0 Å². The first kappa shape index (κ1) is 14.5. The number of nitrogens with zero attached hydrogens (tertiary/aromatic N) is 3. The van der Waals surface area contributed by atoms with Crippen molar-refractivity contribution in [3.8, 4) is 0 Å². The molecule has 1 aliphatic heterocycles. The van der Waals surface area contributed by atoms with Crippen LogP contribution in [0.4, 0.5) is 0 Å². The van der Waals surface area contributed by atoms with E-state index in [0.717, 1.165) is 31.6 Å². The second-order valence-electron chi connectivity index (χ2n) is 5.55. The minimum Gasteiger partial charge on any atom is -0.390 e. The Labute approximate surface area is 115 Å². The second kappa shape index (κ2) is 6.50. The van der Waals surface area contributed by atoms with Crippen LogP contribution in [0.25, 0.3) is 0 Å². The molecule has 5 nitrogen and oxygen atoms in total. The molecular weight excluding hydrogens is 242 g/mol. The standard InChI is InChI=1S/C14H25N3O2/c1-11(2)17-8-9-19-14(10-17)13(18)5-4-12-6-7-15-16(12)3/h6-7,11,13-14,18H,4-5,8-10H2,1-3H3. The molecule has 108 valence electrons. The van der Waals surface area contributed by atoms with E-state index >= 15 is 0 Å². The van der Waals surface area contributed by atoms with Crippen molar-refractivity contribution in [1.82, 2.24) is 14.7 Å². The molecule has 0 amide bonds. The minimum absolute atomic E-state index is 0.0654. The van der Waals surface area contributed by atoms with Crippen LogP contribution in [0.5, 0.6) is 0 Å². The maximum atomic E-state index is 10.3. The summed E-state index contributed by atoms with van der Waals surface area (Å²) in [6, 6.07) is 2.50. The highest BCUT2D eigenvalue weighted by atomic mass is 16.5. The van der Waals surface area contributed by atoms with Crippen LogP contribution in [-0.4, -0.2) is 57.7 Å². The predicted octanol–water partition coefficient (Wildman–Crippen LogP) is 0.823. The summed E-state index contributed by atoms with van der Waals surface area (Å²) < 4.78 is 7.56. The molecule has 0 saturated carbocycles. The molecule has 2 heterocycles. The Morgan fingerprint density at radius 3 is 2.95 bits per heavy atom. The molecule has 1 aromatic heterocycles. The molecule has 2 rings (SSSR count). The highest BCUT2D eigenvalue weighted by Crippen LogP contribution is 2.15. The lowest BCUT2D eigenvalue weighted by Gasteiger charge is -2.37. The maximum absolute atomic E-state index is 10.3. The van der Waals surface area contributed by atoms with Gasteiger partial charge in [-0.15, -0.1) is 0 Å². The van der Waals surface area contributed by atoms with Gasteiger partial charge in [-0.05, 0) is 32.8 Å². The van der Waals surface area contributed by atoms with E-state index in [1.807, 2.05) is 17.8 Å². The lowest BCUT2D eigenvalue weighted by Crippen LogP contribution is -2.50. The van der Waals surface area contributed by atoms with Gasteiger partial charge in [0, 0.05) is 38.1 Å². The quantitative estimate of drug-likeness (QED) is 0.858. The lowest BCUT2D eigenvalue weighted by atomic mass is 10.0. The van der Waals surface area contributed by atoms with Crippen molar-refractivity contribution in [2.24, 2.45) is 7.05 Å². The lowest BCUT2D eigenvalue weighted by molar-refractivity contribution is -0.0963. The van der Waals surface area contributed by atoms with Gasteiger partial charge in [0.15, 0.2) is 0 Å². The van der Waals surface area contributed by atoms with E-state index in [2.05, 4.69) is 23.8 Å².